The minimum Gasteiger partial charge on any atom is -0.0901 e. The van der Waals surface area contributed by atoms with Gasteiger partial charge in [-0.05, 0) is 24.3 Å². The van der Waals surface area contributed by atoms with Crippen LogP contribution in [0.3, 0.4) is 0 Å². The zero-order chi connectivity index (χ0) is 8.93. The second-order valence-corrected chi connectivity index (χ2v) is 3.88. The molecule has 0 unspecified atom stereocenters. The van der Waals surface area contributed by atoms with Gasteiger partial charge in [0.1, 0.15) is 0 Å². The van der Waals surface area contributed by atoms with Crippen LogP contribution in [0.25, 0.3) is 0 Å². The fraction of sp³-hybridized carbons (Fsp3) is 0. The molecule has 0 atom stereocenters. The van der Waals surface area contributed by atoms with E-state index in [0.717, 1.165) is 0 Å². The quantitative estimate of drug-likeness (QED) is 0.720. The van der Waals surface area contributed by atoms with Crippen molar-refractivity contribution in [2.45, 2.75) is 9.79 Å². The smallest absolute Gasteiger partial charge is 0.0122 e. The predicted octanol–water partition coefficient (Wildman–Crippen LogP) is 2.54. The van der Waals surface area contributed by atoms with Gasteiger partial charge in [-0.3, -0.25) is 0 Å². The second kappa shape index (κ2) is 8.89. The summed E-state index contributed by atoms with van der Waals surface area (Å²) in [7, 11) is 0. The standard InChI is InChI=1S/C12H10S.2Na.2H/c1-3-7-11(8-4-1)13-12-9-5-2-6-10-12;;;;/h1-10H;;;;. The summed E-state index contributed by atoms with van der Waals surface area (Å²) in [4.78, 5) is 2.57. The topological polar surface area (TPSA) is 0 Å². The van der Waals surface area contributed by atoms with E-state index in [4.69, 9.17) is 0 Å². The Hall–Kier alpha value is 0.790. The zero-order valence-corrected chi connectivity index (χ0v) is 8.00. The van der Waals surface area contributed by atoms with Crippen molar-refractivity contribution in [2.24, 2.45) is 0 Å². The van der Waals surface area contributed by atoms with Crippen molar-refractivity contribution in [2.75, 3.05) is 0 Å². The predicted molar refractivity (Wildman–Crippen MR) is 71.3 cm³/mol. The van der Waals surface area contributed by atoms with Gasteiger partial charge in [0.15, 0.2) is 0 Å². The summed E-state index contributed by atoms with van der Waals surface area (Å²) in [6.45, 7) is 0. The molecule has 2 rings (SSSR count). The van der Waals surface area contributed by atoms with Gasteiger partial charge >= 0.3 is 59.1 Å². The number of hydrogen-bond donors (Lipinski definition) is 0. The van der Waals surface area contributed by atoms with E-state index in [-0.39, 0.29) is 59.1 Å². The van der Waals surface area contributed by atoms with Gasteiger partial charge in [0.2, 0.25) is 0 Å². The third-order valence-corrected chi connectivity index (χ3v) is 2.74. The average molecular weight is 234 g/mol. The molecule has 0 bridgehead atoms. The first kappa shape index (κ1) is 15.8. The van der Waals surface area contributed by atoms with Crippen LogP contribution in [0.4, 0.5) is 0 Å². The number of hydrogen-bond acceptors (Lipinski definition) is 1. The third kappa shape index (κ3) is 5.60. The Morgan fingerprint density at radius 1 is 0.533 bits per heavy atom. The zero-order valence-electron chi connectivity index (χ0n) is 7.18. The van der Waals surface area contributed by atoms with Crippen molar-refractivity contribution >= 4 is 70.9 Å². The second-order valence-electron chi connectivity index (χ2n) is 2.73. The monoisotopic (exact) mass is 234 g/mol. The molecule has 0 aliphatic carbocycles. The normalized spacial score (nSPS) is 8.53. The summed E-state index contributed by atoms with van der Waals surface area (Å²) in [6.07, 6.45) is 0. The maximum absolute atomic E-state index is 2.12. The van der Waals surface area contributed by atoms with E-state index in [0.29, 0.717) is 0 Å². The van der Waals surface area contributed by atoms with Crippen LogP contribution in [0.1, 0.15) is 0 Å². The SMILES string of the molecule is [NaH].[NaH].c1ccc(Sc2ccccc2)cc1. The minimum absolute atomic E-state index is 0. The van der Waals surface area contributed by atoms with Crippen LogP contribution < -0.4 is 0 Å². The van der Waals surface area contributed by atoms with E-state index in [2.05, 4.69) is 48.5 Å². The minimum atomic E-state index is 0. The number of benzene rings is 2. The Morgan fingerprint density at radius 2 is 0.867 bits per heavy atom. The fourth-order valence-electron chi connectivity index (χ4n) is 1.11. The first-order chi connectivity index (χ1) is 6.45. The third-order valence-electron chi connectivity index (χ3n) is 1.72. The molecule has 0 saturated carbocycles. The molecular formula is C12H12Na2S. The number of rotatable bonds is 2. The van der Waals surface area contributed by atoms with Crippen LogP contribution >= 0.6 is 11.8 Å². The van der Waals surface area contributed by atoms with E-state index >= 15 is 0 Å². The van der Waals surface area contributed by atoms with Gasteiger partial charge in [0, 0.05) is 9.79 Å². The van der Waals surface area contributed by atoms with Crippen LogP contribution in [-0.2, 0) is 0 Å². The molecular weight excluding hydrogens is 222 g/mol. The van der Waals surface area contributed by atoms with E-state index < -0.39 is 0 Å². The summed E-state index contributed by atoms with van der Waals surface area (Å²) in [6, 6.07) is 20.8. The Morgan fingerprint density at radius 3 is 1.20 bits per heavy atom. The van der Waals surface area contributed by atoms with Crippen LogP contribution in [-0.4, -0.2) is 59.1 Å². The van der Waals surface area contributed by atoms with Crippen LogP contribution in [0.15, 0.2) is 70.5 Å². The van der Waals surface area contributed by atoms with Gasteiger partial charge in [-0.15, -0.1) is 0 Å². The van der Waals surface area contributed by atoms with Crippen LogP contribution in [0, 0.1) is 0 Å². The summed E-state index contributed by atoms with van der Waals surface area (Å²) < 4.78 is 0. The fourth-order valence-corrected chi connectivity index (χ4v) is 1.97. The summed E-state index contributed by atoms with van der Waals surface area (Å²) >= 11 is 1.79. The molecule has 0 N–H and O–H groups in total. The van der Waals surface area contributed by atoms with Crippen molar-refractivity contribution in [3.63, 3.8) is 0 Å². The Kier molecular flexibility index (Phi) is 9.35. The first-order valence-electron chi connectivity index (χ1n) is 4.23. The van der Waals surface area contributed by atoms with Crippen molar-refractivity contribution in [1.29, 1.82) is 0 Å². The molecule has 0 aromatic heterocycles. The van der Waals surface area contributed by atoms with Gasteiger partial charge < -0.3 is 0 Å². The molecule has 68 valence electrons. The summed E-state index contributed by atoms with van der Waals surface area (Å²) in [5.41, 5.74) is 0. The summed E-state index contributed by atoms with van der Waals surface area (Å²) in [5.74, 6) is 0. The molecule has 15 heavy (non-hydrogen) atoms. The molecule has 3 heteroatoms. The largest absolute Gasteiger partial charge is 0.0901 e. The van der Waals surface area contributed by atoms with Gasteiger partial charge in [0.05, 0.1) is 0 Å². The maximum atomic E-state index is 2.12. The Balaban J connectivity index is 0.000000980. The molecule has 0 nitrogen and oxygen atoms in total. The van der Waals surface area contributed by atoms with Crippen molar-refractivity contribution in [3.05, 3.63) is 60.7 Å². The Labute approximate surface area is 139 Å². The molecule has 0 aliphatic rings. The molecule has 0 fully saturated rings. The van der Waals surface area contributed by atoms with E-state index in [9.17, 15) is 0 Å². The van der Waals surface area contributed by atoms with E-state index in [1.807, 2.05) is 12.1 Å². The molecule has 0 heterocycles. The van der Waals surface area contributed by atoms with Crippen molar-refractivity contribution in [3.8, 4) is 0 Å². The van der Waals surface area contributed by atoms with E-state index in [1.54, 1.807) is 11.8 Å². The molecule has 2 aromatic rings. The van der Waals surface area contributed by atoms with Crippen LogP contribution in [0.2, 0.25) is 0 Å². The van der Waals surface area contributed by atoms with Gasteiger partial charge in [0.25, 0.3) is 0 Å². The summed E-state index contributed by atoms with van der Waals surface area (Å²) in [5, 5.41) is 0. The first-order valence-corrected chi connectivity index (χ1v) is 5.05. The van der Waals surface area contributed by atoms with E-state index in [1.165, 1.54) is 9.79 Å². The Bertz CT molecular complexity index is 324. The molecule has 0 saturated heterocycles. The average Bonchev–Trinajstić information content (AvgIpc) is 2.21. The van der Waals surface area contributed by atoms with Gasteiger partial charge in [-0.2, -0.15) is 0 Å². The van der Waals surface area contributed by atoms with Gasteiger partial charge in [-0.1, -0.05) is 48.2 Å². The van der Waals surface area contributed by atoms with Crippen LogP contribution in [0.5, 0.6) is 0 Å². The van der Waals surface area contributed by atoms with Crippen molar-refractivity contribution < 1.29 is 0 Å². The molecule has 0 radical (unpaired) electrons. The van der Waals surface area contributed by atoms with Gasteiger partial charge in [-0.25, -0.2) is 0 Å². The molecule has 2 aromatic carbocycles. The molecule has 0 aliphatic heterocycles. The molecule has 0 spiro atoms. The van der Waals surface area contributed by atoms with Crippen molar-refractivity contribution in [1.82, 2.24) is 0 Å². The maximum Gasteiger partial charge on any atom is 0.0122 e. The molecule has 0 amide bonds.